The van der Waals surface area contributed by atoms with Crippen LogP contribution < -0.4 is 15.5 Å². The second kappa shape index (κ2) is 17.5. The lowest BCUT2D eigenvalue weighted by molar-refractivity contribution is -0.143. The van der Waals surface area contributed by atoms with E-state index in [1.54, 1.807) is 50.5 Å². The summed E-state index contributed by atoms with van der Waals surface area (Å²) in [5.41, 5.74) is 4.43. The summed E-state index contributed by atoms with van der Waals surface area (Å²) in [6.07, 6.45) is 7.35. The Balaban J connectivity index is 0.00000625. The Morgan fingerprint density at radius 2 is 1.77 bits per heavy atom. The van der Waals surface area contributed by atoms with Crippen LogP contribution in [0.4, 0.5) is 11.5 Å². The molecular formula is C36H46N6O5. The van der Waals surface area contributed by atoms with E-state index in [0.717, 1.165) is 48.3 Å². The van der Waals surface area contributed by atoms with Crippen LogP contribution in [-0.4, -0.2) is 59.2 Å². The molecule has 0 spiro atoms. The number of nitrogens with zero attached hydrogens (tertiary/aromatic N) is 4. The van der Waals surface area contributed by atoms with Gasteiger partial charge in [0.1, 0.15) is 11.6 Å². The Labute approximate surface area is 277 Å². The third-order valence-corrected chi connectivity index (χ3v) is 7.66. The monoisotopic (exact) mass is 642 g/mol. The average Bonchev–Trinajstić information content (AvgIpc) is 3.41. The number of carbonyl (C=O) groups is 3. The van der Waals surface area contributed by atoms with Gasteiger partial charge in [0.2, 0.25) is 0 Å². The fourth-order valence-corrected chi connectivity index (χ4v) is 5.08. The highest BCUT2D eigenvalue weighted by Gasteiger charge is 2.21. The van der Waals surface area contributed by atoms with E-state index in [1.165, 1.54) is 11.0 Å². The Bertz CT molecular complexity index is 1670. The van der Waals surface area contributed by atoms with Crippen molar-refractivity contribution in [1.29, 1.82) is 0 Å². The van der Waals surface area contributed by atoms with Gasteiger partial charge in [-0.05, 0) is 61.4 Å². The van der Waals surface area contributed by atoms with Crippen molar-refractivity contribution >= 4 is 46.1 Å². The van der Waals surface area contributed by atoms with Crippen LogP contribution >= 0.6 is 0 Å². The second-order valence-corrected chi connectivity index (χ2v) is 11.0. The van der Waals surface area contributed by atoms with E-state index >= 15 is 0 Å². The first-order valence-corrected chi connectivity index (χ1v) is 16.1. The number of carbonyl (C=O) groups excluding carboxylic acids is 3. The van der Waals surface area contributed by atoms with Gasteiger partial charge in [0.25, 0.3) is 5.91 Å². The predicted molar refractivity (Wildman–Crippen MR) is 186 cm³/mol. The van der Waals surface area contributed by atoms with Crippen molar-refractivity contribution in [2.45, 2.75) is 52.5 Å². The first kappa shape index (κ1) is 34.7. The highest BCUT2D eigenvalue weighted by atomic mass is 16.5. The minimum absolute atomic E-state index is 0. The minimum atomic E-state index is -0.375. The number of fused-ring (bicyclic) bond motifs is 1. The van der Waals surface area contributed by atoms with Gasteiger partial charge in [-0.3, -0.25) is 14.5 Å². The summed E-state index contributed by atoms with van der Waals surface area (Å²) in [6, 6.07) is 18.4. The van der Waals surface area contributed by atoms with Gasteiger partial charge in [-0.2, -0.15) is 0 Å². The molecule has 2 N–H and O–H groups in total. The average molecular weight is 643 g/mol. The molecule has 0 saturated heterocycles. The van der Waals surface area contributed by atoms with Crippen molar-refractivity contribution in [3.8, 4) is 0 Å². The summed E-state index contributed by atoms with van der Waals surface area (Å²) in [4.78, 5) is 48.6. The Morgan fingerprint density at radius 3 is 2.47 bits per heavy atom. The number of aromatic nitrogens is 3. The molecule has 47 heavy (non-hydrogen) atoms. The van der Waals surface area contributed by atoms with E-state index in [1.807, 2.05) is 41.9 Å². The van der Waals surface area contributed by atoms with Gasteiger partial charge in [0.15, 0.2) is 0 Å². The number of esters is 2. The molecule has 0 unspecified atom stereocenters. The number of benzene rings is 2. The van der Waals surface area contributed by atoms with Gasteiger partial charge < -0.3 is 24.7 Å². The lowest BCUT2D eigenvalue weighted by Crippen LogP contribution is -2.34. The van der Waals surface area contributed by atoms with Gasteiger partial charge >= 0.3 is 11.9 Å². The molecule has 2 aromatic heterocycles. The van der Waals surface area contributed by atoms with Crippen LogP contribution in [0.5, 0.6) is 0 Å². The number of aryl methyl sites for hydroxylation is 1. The number of amides is 1. The van der Waals surface area contributed by atoms with Crippen molar-refractivity contribution in [2.75, 3.05) is 37.0 Å². The maximum absolute atomic E-state index is 13.7. The third-order valence-electron chi connectivity index (χ3n) is 7.66. The molecule has 11 heteroatoms. The summed E-state index contributed by atoms with van der Waals surface area (Å²) in [5.74, 6) is 0.223. The molecule has 0 bridgehead atoms. The molecule has 0 aliphatic rings. The zero-order valence-electron chi connectivity index (χ0n) is 27.6. The van der Waals surface area contributed by atoms with E-state index in [0.29, 0.717) is 35.7 Å². The standard InChI is InChI=1S/C36H44N6O5.H2/c1-5-7-8-11-22-47-35(44)24-29(37-3)26-13-16-28(17-14-26)39-25-33-40-30-23-27(15-18-31(30)41(33)4)36(45)42(21-19-34(43)46-6-2)32-12-9-10-20-38-32;/h9-10,12-18,20,23-24,37,39H,5-8,11,19,21-22,25H2,1-4H3;1H/b29-24-;. The van der Waals surface area contributed by atoms with E-state index in [4.69, 9.17) is 14.5 Å². The fourth-order valence-electron chi connectivity index (χ4n) is 5.08. The summed E-state index contributed by atoms with van der Waals surface area (Å²) in [7, 11) is 3.71. The first-order valence-electron chi connectivity index (χ1n) is 16.1. The zero-order chi connectivity index (χ0) is 33.6. The molecule has 1 amide bonds. The van der Waals surface area contributed by atoms with Crippen molar-refractivity contribution < 1.29 is 25.3 Å². The first-order chi connectivity index (χ1) is 22.8. The van der Waals surface area contributed by atoms with Crippen molar-refractivity contribution in [1.82, 2.24) is 19.9 Å². The minimum Gasteiger partial charge on any atom is -0.466 e. The second-order valence-electron chi connectivity index (χ2n) is 11.0. The molecule has 2 aromatic carbocycles. The fraction of sp³-hybridized carbons (Fsp3) is 0.361. The molecule has 0 fully saturated rings. The molecule has 2 heterocycles. The number of imidazole rings is 1. The summed E-state index contributed by atoms with van der Waals surface area (Å²) in [6.45, 7) is 5.19. The molecule has 11 nitrogen and oxygen atoms in total. The van der Waals surface area contributed by atoms with E-state index < -0.39 is 0 Å². The van der Waals surface area contributed by atoms with Gasteiger partial charge in [0.05, 0.1) is 37.2 Å². The highest BCUT2D eigenvalue weighted by molar-refractivity contribution is 6.07. The van der Waals surface area contributed by atoms with Crippen molar-refractivity contribution in [2.24, 2.45) is 7.05 Å². The number of pyridine rings is 1. The van der Waals surface area contributed by atoms with Crippen LogP contribution in [-0.2, 0) is 32.7 Å². The SMILES string of the molecule is CCCCCCOC(=O)/C=C(\NC)c1ccc(NCc2nc3cc(C(=O)N(CCC(=O)OCC)c4ccccn4)ccc3n2C)cc1.[HH]. The molecule has 0 radical (unpaired) electrons. The van der Waals surface area contributed by atoms with Crippen LogP contribution in [0.25, 0.3) is 16.7 Å². The molecule has 0 aliphatic heterocycles. The van der Waals surface area contributed by atoms with Crippen molar-refractivity contribution in [3.05, 3.63) is 89.9 Å². The van der Waals surface area contributed by atoms with Gasteiger partial charge in [-0.25, -0.2) is 14.8 Å². The highest BCUT2D eigenvalue weighted by Crippen LogP contribution is 2.22. The number of rotatable bonds is 17. The van der Waals surface area contributed by atoms with Gasteiger partial charge in [-0.15, -0.1) is 0 Å². The molecule has 0 atom stereocenters. The van der Waals surface area contributed by atoms with Gasteiger partial charge in [-0.1, -0.05) is 44.4 Å². The maximum Gasteiger partial charge on any atom is 0.332 e. The van der Waals surface area contributed by atoms with Crippen LogP contribution in [0.2, 0.25) is 0 Å². The Morgan fingerprint density at radius 1 is 0.979 bits per heavy atom. The number of ether oxygens (including phenoxy) is 2. The quantitative estimate of drug-likeness (QED) is 0.0797. The van der Waals surface area contributed by atoms with E-state index in [2.05, 4.69) is 22.5 Å². The molecular weight excluding hydrogens is 596 g/mol. The topological polar surface area (TPSA) is 128 Å². The van der Waals surface area contributed by atoms with E-state index in [9.17, 15) is 14.4 Å². The van der Waals surface area contributed by atoms with Crippen LogP contribution in [0.15, 0.2) is 72.9 Å². The van der Waals surface area contributed by atoms with Gasteiger partial charge in [0, 0.05) is 51.3 Å². The van der Waals surface area contributed by atoms with Crippen LogP contribution in [0.3, 0.4) is 0 Å². The summed E-state index contributed by atoms with van der Waals surface area (Å²) >= 11 is 0. The van der Waals surface area contributed by atoms with Crippen LogP contribution in [0, 0.1) is 0 Å². The number of nitrogens with one attached hydrogen (secondary N) is 2. The number of anilines is 2. The zero-order valence-corrected chi connectivity index (χ0v) is 27.6. The lowest BCUT2D eigenvalue weighted by atomic mass is 10.1. The van der Waals surface area contributed by atoms with E-state index in [-0.39, 0.29) is 38.8 Å². The normalized spacial score (nSPS) is 11.3. The predicted octanol–water partition coefficient (Wildman–Crippen LogP) is 6.11. The maximum atomic E-state index is 13.7. The molecule has 250 valence electrons. The molecule has 0 aliphatic carbocycles. The summed E-state index contributed by atoms with van der Waals surface area (Å²) in [5, 5.41) is 6.49. The Hall–Kier alpha value is -5.19. The lowest BCUT2D eigenvalue weighted by Gasteiger charge is -2.21. The number of unbranched alkanes of at least 4 members (excludes halogenated alkanes) is 3. The van der Waals surface area contributed by atoms with Crippen molar-refractivity contribution in [3.63, 3.8) is 0 Å². The largest absolute Gasteiger partial charge is 0.466 e. The number of hydrogen-bond acceptors (Lipinski definition) is 9. The Kier molecular flexibility index (Phi) is 12.9. The molecule has 4 rings (SSSR count). The smallest absolute Gasteiger partial charge is 0.332 e. The third kappa shape index (κ3) is 9.65. The van der Waals surface area contributed by atoms with Crippen LogP contribution in [0.1, 0.15) is 69.1 Å². The molecule has 4 aromatic rings. The summed E-state index contributed by atoms with van der Waals surface area (Å²) < 4.78 is 12.4. The number of hydrogen-bond donors (Lipinski definition) is 2. The molecule has 0 saturated carbocycles.